The minimum atomic E-state index is -0.463. The van der Waals surface area contributed by atoms with Gasteiger partial charge in [0.1, 0.15) is 11.5 Å². The molecule has 0 aromatic carbocycles. The molecule has 1 amide bonds. The number of amides is 1. The molecule has 0 fully saturated rings. The first-order valence-electron chi connectivity index (χ1n) is 8.29. The van der Waals surface area contributed by atoms with Crippen LogP contribution in [0, 0.1) is 5.82 Å². The Hall–Kier alpha value is -3.09. The fourth-order valence-electron chi connectivity index (χ4n) is 2.57. The third-order valence-corrected chi connectivity index (χ3v) is 3.91. The SMILES string of the molecule is C=C(C)CNC(=O)c1cc(-c2cncc(F)c2)nc2c(C(C)C)cnn12. The molecule has 0 aliphatic rings. The highest BCUT2D eigenvalue weighted by atomic mass is 19.1. The molecule has 0 radical (unpaired) electrons. The molecule has 1 N–H and O–H groups in total. The summed E-state index contributed by atoms with van der Waals surface area (Å²) in [7, 11) is 0. The fourth-order valence-corrected chi connectivity index (χ4v) is 2.57. The number of carbonyl (C=O) groups is 1. The van der Waals surface area contributed by atoms with Gasteiger partial charge in [-0.2, -0.15) is 5.10 Å². The molecule has 0 aliphatic carbocycles. The third-order valence-electron chi connectivity index (χ3n) is 3.91. The average molecular weight is 353 g/mol. The van der Waals surface area contributed by atoms with Crippen LogP contribution in [0.4, 0.5) is 4.39 Å². The lowest BCUT2D eigenvalue weighted by atomic mass is 10.1. The van der Waals surface area contributed by atoms with Crippen molar-refractivity contribution in [1.82, 2.24) is 24.9 Å². The molecule has 7 heteroatoms. The Bertz CT molecular complexity index is 993. The van der Waals surface area contributed by atoms with Crippen molar-refractivity contribution in [1.29, 1.82) is 0 Å². The van der Waals surface area contributed by atoms with Gasteiger partial charge in [-0.15, -0.1) is 0 Å². The molecule has 0 bridgehead atoms. The van der Waals surface area contributed by atoms with Crippen LogP contribution in [0.2, 0.25) is 0 Å². The first-order valence-corrected chi connectivity index (χ1v) is 8.29. The van der Waals surface area contributed by atoms with Gasteiger partial charge in [-0.3, -0.25) is 9.78 Å². The van der Waals surface area contributed by atoms with Crippen LogP contribution in [-0.4, -0.2) is 32.0 Å². The maximum absolute atomic E-state index is 13.6. The molecular weight excluding hydrogens is 333 g/mol. The summed E-state index contributed by atoms with van der Waals surface area (Å²) in [6.45, 7) is 10.0. The molecule has 3 aromatic heterocycles. The maximum Gasteiger partial charge on any atom is 0.270 e. The minimum absolute atomic E-state index is 0.173. The van der Waals surface area contributed by atoms with E-state index < -0.39 is 5.82 Å². The summed E-state index contributed by atoms with van der Waals surface area (Å²) >= 11 is 0. The Morgan fingerprint density at radius 3 is 2.73 bits per heavy atom. The first kappa shape index (κ1) is 17.7. The van der Waals surface area contributed by atoms with Crippen LogP contribution in [-0.2, 0) is 0 Å². The van der Waals surface area contributed by atoms with Crippen LogP contribution in [0.1, 0.15) is 42.7 Å². The molecule has 0 aliphatic heterocycles. The molecule has 3 rings (SSSR count). The molecule has 0 saturated heterocycles. The Morgan fingerprint density at radius 2 is 2.08 bits per heavy atom. The van der Waals surface area contributed by atoms with Gasteiger partial charge in [-0.25, -0.2) is 13.9 Å². The number of carbonyl (C=O) groups excluding carboxylic acids is 1. The van der Waals surface area contributed by atoms with Crippen LogP contribution in [0.25, 0.3) is 16.9 Å². The highest BCUT2D eigenvalue weighted by Gasteiger charge is 2.19. The second-order valence-electron chi connectivity index (χ2n) is 6.55. The standard InChI is InChI=1S/C19H20FN5O/c1-11(2)7-22-19(26)17-6-16(13-5-14(20)9-21-8-13)24-18-15(12(3)4)10-23-25(17)18/h5-6,8-10,12H,1,7H2,2-4H3,(H,22,26). The van der Waals surface area contributed by atoms with E-state index in [9.17, 15) is 9.18 Å². The Morgan fingerprint density at radius 1 is 1.31 bits per heavy atom. The third kappa shape index (κ3) is 3.46. The predicted octanol–water partition coefficient (Wildman–Crippen LogP) is 3.36. The monoisotopic (exact) mass is 353 g/mol. The second-order valence-corrected chi connectivity index (χ2v) is 6.55. The number of pyridine rings is 1. The zero-order valence-electron chi connectivity index (χ0n) is 15.0. The molecule has 3 aromatic rings. The van der Waals surface area contributed by atoms with Gasteiger partial charge < -0.3 is 5.32 Å². The van der Waals surface area contributed by atoms with E-state index in [0.29, 0.717) is 29.1 Å². The lowest BCUT2D eigenvalue weighted by Gasteiger charge is -2.10. The summed E-state index contributed by atoms with van der Waals surface area (Å²) in [5.74, 6) is -0.591. The van der Waals surface area contributed by atoms with Gasteiger partial charge >= 0.3 is 0 Å². The number of nitrogens with zero attached hydrogens (tertiary/aromatic N) is 4. The molecule has 0 spiro atoms. The Balaban J connectivity index is 2.18. The molecule has 6 nitrogen and oxygen atoms in total. The Labute approximate surface area is 150 Å². The van der Waals surface area contributed by atoms with E-state index in [4.69, 9.17) is 0 Å². The van der Waals surface area contributed by atoms with Crippen molar-refractivity contribution in [2.24, 2.45) is 0 Å². The average Bonchev–Trinajstić information content (AvgIpc) is 3.03. The summed E-state index contributed by atoms with van der Waals surface area (Å²) < 4.78 is 15.1. The van der Waals surface area contributed by atoms with E-state index in [1.54, 1.807) is 12.3 Å². The highest BCUT2D eigenvalue weighted by Crippen LogP contribution is 2.24. The van der Waals surface area contributed by atoms with Crippen molar-refractivity contribution in [3.05, 3.63) is 59.9 Å². The summed E-state index contributed by atoms with van der Waals surface area (Å²) in [5.41, 5.74) is 3.60. The lowest BCUT2D eigenvalue weighted by molar-refractivity contribution is 0.0949. The molecule has 0 unspecified atom stereocenters. The van der Waals surface area contributed by atoms with Crippen molar-refractivity contribution in [3.8, 4) is 11.3 Å². The van der Waals surface area contributed by atoms with Gasteiger partial charge in [-0.1, -0.05) is 26.0 Å². The number of hydrogen-bond acceptors (Lipinski definition) is 4. The summed E-state index contributed by atoms with van der Waals surface area (Å²) in [5, 5.41) is 7.12. The summed E-state index contributed by atoms with van der Waals surface area (Å²) in [4.78, 5) is 21.1. The van der Waals surface area contributed by atoms with Crippen molar-refractivity contribution < 1.29 is 9.18 Å². The van der Waals surface area contributed by atoms with Crippen LogP contribution in [0.3, 0.4) is 0 Å². The first-order chi connectivity index (χ1) is 12.4. The van der Waals surface area contributed by atoms with E-state index in [1.807, 2.05) is 20.8 Å². The van der Waals surface area contributed by atoms with Gasteiger partial charge in [0.25, 0.3) is 5.91 Å². The normalized spacial score (nSPS) is 11.1. The van der Waals surface area contributed by atoms with Crippen molar-refractivity contribution in [2.45, 2.75) is 26.7 Å². The van der Waals surface area contributed by atoms with Gasteiger partial charge in [0.05, 0.1) is 18.1 Å². The number of hydrogen-bond donors (Lipinski definition) is 1. The highest BCUT2D eigenvalue weighted by molar-refractivity contribution is 5.94. The lowest BCUT2D eigenvalue weighted by Crippen LogP contribution is -2.27. The largest absolute Gasteiger partial charge is 0.347 e. The molecule has 3 heterocycles. The molecule has 0 saturated carbocycles. The number of nitrogens with one attached hydrogen (secondary N) is 1. The molecular formula is C19H20FN5O. The zero-order chi connectivity index (χ0) is 18.8. The Kier molecular flexibility index (Phi) is 4.79. The quantitative estimate of drug-likeness (QED) is 0.714. The van der Waals surface area contributed by atoms with Crippen LogP contribution >= 0.6 is 0 Å². The van der Waals surface area contributed by atoms with Crippen LogP contribution < -0.4 is 5.32 Å². The van der Waals surface area contributed by atoms with E-state index in [2.05, 4.69) is 27.0 Å². The smallest absolute Gasteiger partial charge is 0.270 e. The molecule has 0 atom stereocenters. The predicted molar refractivity (Wildman–Crippen MR) is 97.4 cm³/mol. The second kappa shape index (κ2) is 7.03. The van der Waals surface area contributed by atoms with Crippen LogP contribution in [0.5, 0.6) is 0 Å². The summed E-state index contributed by atoms with van der Waals surface area (Å²) in [6, 6.07) is 2.93. The number of halogens is 1. The fraction of sp³-hybridized carbons (Fsp3) is 0.263. The van der Waals surface area contributed by atoms with E-state index in [1.165, 1.54) is 16.8 Å². The zero-order valence-corrected chi connectivity index (χ0v) is 15.0. The minimum Gasteiger partial charge on any atom is -0.347 e. The van der Waals surface area contributed by atoms with Crippen molar-refractivity contribution in [2.75, 3.05) is 6.54 Å². The number of fused-ring (bicyclic) bond motifs is 1. The molecule has 26 heavy (non-hydrogen) atoms. The van der Waals surface area contributed by atoms with Crippen molar-refractivity contribution in [3.63, 3.8) is 0 Å². The van der Waals surface area contributed by atoms with Gasteiger partial charge in [-0.05, 0) is 25.0 Å². The maximum atomic E-state index is 13.6. The van der Waals surface area contributed by atoms with Crippen LogP contribution in [0.15, 0.2) is 42.9 Å². The van der Waals surface area contributed by atoms with E-state index in [0.717, 1.165) is 17.3 Å². The number of rotatable bonds is 5. The van der Waals surface area contributed by atoms with Gasteiger partial charge in [0.2, 0.25) is 0 Å². The molecule has 134 valence electrons. The van der Waals surface area contributed by atoms with Crippen molar-refractivity contribution >= 4 is 11.6 Å². The van der Waals surface area contributed by atoms with Gasteiger partial charge in [0.15, 0.2) is 5.65 Å². The van der Waals surface area contributed by atoms with E-state index in [-0.39, 0.29) is 11.8 Å². The van der Waals surface area contributed by atoms with Gasteiger partial charge in [0, 0.05) is 23.9 Å². The van der Waals surface area contributed by atoms with E-state index >= 15 is 0 Å². The number of aromatic nitrogens is 4. The topological polar surface area (TPSA) is 72.2 Å². The summed E-state index contributed by atoms with van der Waals surface area (Å²) in [6.07, 6.45) is 4.35.